The Labute approximate surface area is 137 Å². The van der Waals surface area contributed by atoms with Crippen molar-refractivity contribution in [2.45, 2.75) is 25.4 Å². The molecular formula is C16H18F3N3O2. The van der Waals surface area contributed by atoms with Crippen molar-refractivity contribution in [3.05, 3.63) is 48.2 Å². The molecule has 2 heterocycles. The average molecular weight is 341 g/mol. The summed E-state index contributed by atoms with van der Waals surface area (Å²) in [4.78, 5) is 15.7. The van der Waals surface area contributed by atoms with Crippen molar-refractivity contribution >= 4 is 11.6 Å². The third-order valence-electron chi connectivity index (χ3n) is 3.56. The van der Waals surface area contributed by atoms with Crippen LogP contribution in [0.25, 0.3) is 0 Å². The number of primary amides is 1. The lowest BCUT2D eigenvalue weighted by molar-refractivity contribution is -0.137. The Balaban J connectivity index is 0.000000219. The second-order valence-corrected chi connectivity index (χ2v) is 5.29. The number of piperidine rings is 1. The number of carbonyl (C=O) groups excluding carboxylic acids is 1. The fourth-order valence-corrected chi connectivity index (χ4v) is 2.36. The first-order chi connectivity index (χ1) is 11.4. The Morgan fingerprint density at radius 1 is 1.12 bits per heavy atom. The first-order valence-corrected chi connectivity index (χ1v) is 7.49. The van der Waals surface area contributed by atoms with Gasteiger partial charge in [-0.15, -0.1) is 0 Å². The summed E-state index contributed by atoms with van der Waals surface area (Å²) in [6.45, 7) is 1.90. The van der Waals surface area contributed by atoms with Gasteiger partial charge in [0.05, 0.1) is 11.8 Å². The summed E-state index contributed by atoms with van der Waals surface area (Å²) < 4.78 is 41.6. The largest absolute Gasteiger partial charge is 0.441 e. The molecular weight excluding hydrogens is 323 g/mol. The van der Waals surface area contributed by atoms with Gasteiger partial charge in [0.1, 0.15) is 6.26 Å². The third kappa shape index (κ3) is 5.00. The van der Waals surface area contributed by atoms with E-state index < -0.39 is 17.6 Å². The highest BCUT2D eigenvalue weighted by atomic mass is 19.4. The van der Waals surface area contributed by atoms with Crippen LogP contribution in [-0.4, -0.2) is 24.0 Å². The van der Waals surface area contributed by atoms with E-state index in [0.29, 0.717) is 0 Å². The highest BCUT2D eigenvalue weighted by Gasteiger charge is 2.30. The number of oxazole rings is 1. The number of aromatic nitrogens is 1. The number of anilines is 1. The van der Waals surface area contributed by atoms with Crippen molar-refractivity contribution in [1.29, 1.82) is 0 Å². The number of hydrogen-bond acceptors (Lipinski definition) is 4. The Hall–Kier alpha value is -2.51. The summed E-state index contributed by atoms with van der Waals surface area (Å²) in [7, 11) is 0. The minimum absolute atomic E-state index is 0.0509. The molecule has 8 heteroatoms. The molecule has 24 heavy (non-hydrogen) atoms. The fourth-order valence-electron chi connectivity index (χ4n) is 2.36. The summed E-state index contributed by atoms with van der Waals surface area (Å²) in [5.74, 6) is -0.694. The molecule has 0 bridgehead atoms. The molecule has 0 spiro atoms. The SMILES string of the molecule is FC(F)(F)c1ccc(N2CCCCC2)cc1.NC(=O)c1ncco1. The number of benzene rings is 1. The molecule has 1 aliphatic rings. The zero-order valence-electron chi connectivity index (χ0n) is 12.9. The van der Waals surface area contributed by atoms with E-state index in [9.17, 15) is 18.0 Å². The summed E-state index contributed by atoms with van der Waals surface area (Å²) >= 11 is 0. The van der Waals surface area contributed by atoms with Gasteiger partial charge in [0.25, 0.3) is 5.89 Å². The maximum atomic E-state index is 12.3. The smallest absolute Gasteiger partial charge is 0.416 e. The van der Waals surface area contributed by atoms with Gasteiger partial charge in [-0.1, -0.05) is 0 Å². The van der Waals surface area contributed by atoms with Crippen molar-refractivity contribution in [3.63, 3.8) is 0 Å². The molecule has 1 aliphatic heterocycles. The number of halogens is 3. The molecule has 130 valence electrons. The van der Waals surface area contributed by atoms with Crippen molar-refractivity contribution < 1.29 is 22.4 Å². The highest BCUT2D eigenvalue weighted by Crippen LogP contribution is 2.31. The number of nitrogens with two attached hydrogens (primary N) is 1. The van der Waals surface area contributed by atoms with E-state index in [0.717, 1.165) is 43.8 Å². The molecule has 5 nitrogen and oxygen atoms in total. The van der Waals surface area contributed by atoms with Crippen LogP contribution >= 0.6 is 0 Å². The molecule has 0 atom stereocenters. The molecule has 1 amide bonds. The molecule has 0 aliphatic carbocycles. The van der Waals surface area contributed by atoms with Crippen LogP contribution in [0.5, 0.6) is 0 Å². The quantitative estimate of drug-likeness (QED) is 0.908. The van der Waals surface area contributed by atoms with Gasteiger partial charge in [-0.25, -0.2) is 4.98 Å². The van der Waals surface area contributed by atoms with Crippen LogP contribution in [0.3, 0.4) is 0 Å². The number of nitrogens with zero attached hydrogens (tertiary/aromatic N) is 2. The standard InChI is InChI=1S/C12H14F3N.C4H4N2O2/c13-12(14,15)10-4-6-11(7-5-10)16-8-2-1-3-9-16;5-3(7)4-6-1-2-8-4/h4-7H,1-3,8-9H2;1-2H,(H2,5,7). The molecule has 1 aromatic heterocycles. The van der Waals surface area contributed by atoms with Gasteiger partial charge in [-0.2, -0.15) is 13.2 Å². The molecule has 0 unspecified atom stereocenters. The van der Waals surface area contributed by atoms with E-state index >= 15 is 0 Å². The van der Waals surface area contributed by atoms with Gasteiger partial charge in [-0.05, 0) is 43.5 Å². The molecule has 1 saturated heterocycles. The molecule has 1 fully saturated rings. The first kappa shape index (κ1) is 17.8. The second kappa shape index (κ2) is 7.85. The lowest BCUT2D eigenvalue weighted by Gasteiger charge is -2.28. The zero-order valence-corrected chi connectivity index (χ0v) is 12.9. The maximum absolute atomic E-state index is 12.3. The van der Waals surface area contributed by atoms with Gasteiger partial charge >= 0.3 is 12.1 Å². The molecule has 0 saturated carbocycles. The minimum Gasteiger partial charge on any atom is -0.441 e. The van der Waals surface area contributed by atoms with Crippen molar-refractivity contribution in [3.8, 4) is 0 Å². The monoisotopic (exact) mass is 341 g/mol. The van der Waals surface area contributed by atoms with Crippen LogP contribution in [0.1, 0.15) is 35.5 Å². The minimum atomic E-state index is -4.24. The molecule has 2 N–H and O–H groups in total. The van der Waals surface area contributed by atoms with Gasteiger partial charge < -0.3 is 15.1 Å². The van der Waals surface area contributed by atoms with Gasteiger partial charge in [0.15, 0.2) is 0 Å². The van der Waals surface area contributed by atoms with Crippen LogP contribution in [0, 0.1) is 0 Å². The van der Waals surface area contributed by atoms with Crippen LogP contribution in [-0.2, 0) is 6.18 Å². The van der Waals surface area contributed by atoms with E-state index in [4.69, 9.17) is 5.73 Å². The van der Waals surface area contributed by atoms with Crippen LogP contribution in [0.2, 0.25) is 0 Å². The van der Waals surface area contributed by atoms with Crippen molar-refractivity contribution in [2.75, 3.05) is 18.0 Å². The van der Waals surface area contributed by atoms with E-state index in [1.165, 1.54) is 18.9 Å². The van der Waals surface area contributed by atoms with Crippen LogP contribution < -0.4 is 10.6 Å². The molecule has 0 radical (unpaired) electrons. The van der Waals surface area contributed by atoms with E-state index in [2.05, 4.69) is 14.3 Å². The van der Waals surface area contributed by atoms with E-state index in [1.54, 1.807) is 12.1 Å². The van der Waals surface area contributed by atoms with Gasteiger partial charge in [0.2, 0.25) is 0 Å². The van der Waals surface area contributed by atoms with E-state index in [-0.39, 0.29) is 5.89 Å². The number of hydrogen-bond donors (Lipinski definition) is 1. The van der Waals surface area contributed by atoms with Crippen molar-refractivity contribution in [2.24, 2.45) is 5.73 Å². The number of carbonyl (C=O) groups is 1. The molecule has 3 rings (SSSR count). The average Bonchev–Trinajstić information content (AvgIpc) is 3.10. The first-order valence-electron chi connectivity index (χ1n) is 7.49. The summed E-state index contributed by atoms with van der Waals surface area (Å²) in [6.07, 6.45) is 1.89. The van der Waals surface area contributed by atoms with Crippen LogP contribution in [0.15, 0.2) is 41.1 Å². The molecule has 2 aromatic rings. The normalized spacial score (nSPS) is 14.7. The third-order valence-corrected chi connectivity index (χ3v) is 3.56. The van der Waals surface area contributed by atoms with Crippen molar-refractivity contribution in [1.82, 2.24) is 4.98 Å². The number of rotatable bonds is 2. The van der Waals surface area contributed by atoms with E-state index in [1.807, 2.05) is 0 Å². The Morgan fingerprint density at radius 2 is 1.75 bits per heavy atom. The molecule has 1 aromatic carbocycles. The second-order valence-electron chi connectivity index (χ2n) is 5.29. The zero-order chi connectivity index (χ0) is 17.6. The van der Waals surface area contributed by atoms with Crippen LogP contribution in [0.4, 0.5) is 18.9 Å². The maximum Gasteiger partial charge on any atom is 0.416 e. The number of amides is 1. The Bertz CT molecular complexity index is 634. The van der Waals surface area contributed by atoms with Gasteiger partial charge in [0, 0.05) is 18.8 Å². The Kier molecular flexibility index (Phi) is 5.83. The summed E-state index contributed by atoms with van der Waals surface area (Å²) in [5, 5.41) is 0. The number of alkyl halides is 3. The fraction of sp³-hybridized carbons (Fsp3) is 0.375. The highest BCUT2D eigenvalue weighted by molar-refractivity contribution is 5.87. The lowest BCUT2D eigenvalue weighted by atomic mass is 10.1. The predicted molar refractivity (Wildman–Crippen MR) is 82.5 cm³/mol. The topological polar surface area (TPSA) is 72.4 Å². The lowest BCUT2D eigenvalue weighted by Crippen LogP contribution is -2.29. The summed E-state index contributed by atoms with van der Waals surface area (Å²) in [5.41, 5.74) is 5.08. The van der Waals surface area contributed by atoms with Gasteiger partial charge in [-0.3, -0.25) is 4.79 Å². The summed E-state index contributed by atoms with van der Waals surface area (Å²) in [6, 6.07) is 5.44. The predicted octanol–water partition coefficient (Wildman–Crippen LogP) is 3.47. The Morgan fingerprint density at radius 3 is 2.17 bits per heavy atom.